The van der Waals surface area contributed by atoms with Gasteiger partial charge in [-0.15, -0.1) is 0 Å². The summed E-state index contributed by atoms with van der Waals surface area (Å²) in [6.45, 7) is 4.34. The number of rotatable bonds is 7. The number of nitrogens with zero attached hydrogens (tertiary/aromatic N) is 3. The number of pyridine rings is 1. The molecule has 1 aliphatic rings. The molecular weight excluding hydrogens is 522 g/mol. The molecule has 0 radical (unpaired) electrons. The van der Waals surface area contributed by atoms with E-state index in [1.807, 2.05) is 6.92 Å². The number of aromatic nitrogens is 1. The predicted molar refractivity (Wildman–Crippen MR) is 146 cm³/mol. The number of halogens is 2. The Hall–Kier alpha value is -3.89. The van der Waals surface area contributed by atoms with Crippen LogP contribution in [0.25, 0.3) is 10.9 Å². The zero-order valence-corrected chi connectivity index (χ0v) is 22.2. The summed E-state index contributed by atoms with van der Waals surface area (Å²) >= 11 is 0. The minimum absolute atomic E-state index is 0.0682. The molecule has 3 aromatic carbocycles. The van der Waals surface area contributed by atoms with Crippen LogP contribution in [0.2, 0.25) is 0 Å². The standard InChI is InChI=1S/C29H28F2N4O3S/c1-20-19-34(15-13-21-7-10-24(30)18-26(21)31)16-17-35(20)29(36)23-8-11-25(12-9-23)33-39(37,38)27-6-2-4-22-5-3-14-32-28(22)27/h2-12,14,18,20,33H,13,15-17,19H2,1H3/t20-/m1/s1. The van der Waals surface area contributed by atoms with E-state index in [9.17, 15) is 22.0 Å². The van der Waals surface area contributed by atoms with Gasteiger partial charge in [-0.05, 0) is 61.4 Å². The van der Waals surface area contributed by atoms with Crippen LogP contribution in [0.5, 0.6) is 0 Å². The van der Waals surface area contributed by atoms with Gasteiger partial charge in [0.25, 0.3) is 15.9 Å². The molecule has 39 heavy (non-hydrogen) atoms. The normalized spacial score (nSPS) is 16.4. The zero-order valence-electron chi connectivity index (χ0n) is 21.3. The van der Waals surface area contributed by atoms with Gasteiger partial charge in [0.1, 0.15) is 16.5 Å². The SMILES string of the molecule is C[C@@H]1CN(CCc2ccc(F)cc2F)CCN1C(=O)c1ccc(NS(=O)(=O)c2cccc3cccnc23)cc1. The highest BCUT2D eigenvalue weighted by atomic mass is 32.2. The molecule has 1 N–H and O–H groups in total. The van der Waals surface area contributed by atoms with Crippen LogP contribution in [-0.4, -0.2) is 61.3 Å². The third-order valence-electron chi connectivity index (χ3n) is 6.95. The maximum atomic E-state index is 14.0. The van der Waals surface area contributed by atoms with E-state index in [1.165, 1.54) is 18.2 Å². The van der Waals surface area contributed by atoms with Crippen LogP contribution >= 0.6 is 0 Å². The molecule has 0 bridgehead atoms. The topological polar surface area (TPSA) is 82.6 Å². The Bertz CT molecular complexity index is 1610. The number of carbonyl (C=O) groups excluding carboxylic acids is 1. The molecule has 1 aliphatic heterocycles. The molecule has 5 rings (SSSR count). The number of hydrogen-bond acceptors (Lipinski definition) is 5. The third-order valence-corrected chi connectivity index (χ3v) is 8.37. The molecule has 10 heteroatoms. The van der Waals surface area contributed by atoms with Crippen molar-refractivity contribution in [3.05, 3.63) is 102 Å². The van der Waals surface area contributed by atoms with Gasteiger partial charge in [-0.3, -0.25) is 19.4 Å². The first kappa shape index (κ1) is 26.7. The molecule has 2 heterocycles. The quantitative estimate of drug-likeness (QED) is 0.361. The van der Waals surface area contributed by atoms with Gasteiger partial charge in [-0.1, -0.05) is 24.3 Å². The van der Waals surface area contributed by atoms with Crippen LogP contribution < -0.4 is 4.72 Å². The molecule has 202 valence electrons. The average molecular weight is 551 g/mol. The van der Waals surface area contributed by atoms with Gasteiger partial charge in [0.05, 0.1) is 5.52 Å². The lowest BCUT2D eigenvalue weighted by Gasteiger charge is -2.40. The van der Waals surface area contributed by atoms with Crippen molar-refractivity contribution in [3.63, 3.8) is 0 Å². The number of anilines is 1. The number of sulfonamides is 1. The summed E-state index contributed by atoms with van der Waals surface area (Å²) in [6.07, 6.45) is 2.01. The van der Waals surface area contributed by atoms with E-state index >= 15 is 0 Å². The number of fused-ring (bicyclic) bond motifs is 1. The first-order valence-corrected chi connectivity index (χ1v) is 14.1. The lowest BCUT2D eigenvalue weighted by Crippen LogP contribution is -2.54. The van der Waals surface area contributed by atoms with Crippen LogP contribution in [0.1, 0.15) is 22.8 Å². The molecule has 4 aromatic rings. The molecule has 0 spiro atoms. The van der Waals surface area contributed by atoms with Crippen LogP contribution in [-0.2, 0) is 16.4 Å². The first-order chi connectivity index (χ1) is 18.7. The van der Waals surface area contributed by atoms with Gasteiger partial charge in [0.2, 0.25) is 0 Å². The Balaban J connectivity index is 1.20. The van der Waals surface area contributed by atoms with Gasteiger partial charge in [0.15, 0.2) is 0 Å². The summed E-state index contributed by atoms with van der Waals surface area (Å²) in [5.41, 5.74) is 1.65. The average Bonchev–Trinajstić information content (AvgIpc) is 2.92. The highest BCUT2D eigenvalue weighted by Gasteiger charge is 2.28. The van der Waals surface area contributed by atoms with E-state index in [0.29, 0.717) is 54.9 Å². The van der Waals surface area contributed by atoms with Crippen molar-refractivity contribution >= 4 is 32.5 Å². The van der Waals surface area contributed by atoms with Gasteiger partial charge in [-0.2, -0.15) is 0 Å². The summed E-state index contributed by atoms with van der Waals surface area (Å²) < 4.78 is 55.8. The lowest BCUT2D eigenvalue weighted by atomic mass is 10.1. The Morgan fingerprint density at radius 1 is 1.03 bits per heavy atom. The summed E-state index contributed by atoms with van der Waals surface area (Å²) in [4.78, 5) is 21.5. The summed E-state index contributed by atoms with van der Waals surface area (Å²) in [6, 6.07) is 18.4. The summed E-state index contributed by atoms with van der Waals surface area (Å²) in [5.74, 6) is -1.28. The molecule has 0 saturated carbocycles. The fourth-order valence-corrected chi connectivity index (χ4v) is 6.13. The van der Waals surface area contributed by atoms with Crippen LogP contribution in [0.15, 0.2) is 83.9 Å². The summed E-state index contributed by atoms with van der Waals surface area (Å²) in [5, 5.41) is 0.721. The maximum Gasteiger partial charge on any atom is 0.264 e. The van der Waals surface area contributed by atoms with Crippen LogP contribution in [0.4, 0.5) is 14.5 Å². The van der Waals surface area contributed by atoms with Crippen molar-refractivity contribution < 1.29 is 22.0 Å². The van der Waals surface area contributed by atoms with Crippen molar-refractivity contribution in [2.45, 2.75) is 24.3 Å². The predicted octanol–water partition coefficient (Wildman–Crippen LogP) is 4.70. The first-order valence-electron chi connectivity index (χ1n) is 12.7. The second-order valence-corrected chi connectivity index (χ2v) is 11.3. The van der Waals surface area contributed by atoms with Crippen molar-refractivity contribution in [2.75, 3.05) is 30.9 Å². The molecular formula is C29H28F2N4O3S. The van der Waals surface area contributed by atoms with Gasteiger partial charge in [0, 0.05) is 61.1 Å². The van der Waals surface area contributed by atoms with E-state index in [1.54, 1.807) is 59.6 Å². The van der Waals surface area contributed by atoms with E-state index < -0.39 is 21.7 Å². The lowest BCUT2D eigenvalue weighted by molar-refractivity contribution is 0.0491. The zero-order chi connectivity index (χ0) is 27.6. The van der Waals surface area contributed by atoms with Gasteiger partial charge >= 0.3 is 0 Å². The number of benzene rings is 3. The number of carbonyl (C=O) groups is 1. The Morgan fingerprint density at radius 3 is 2.54 bits per heavy atom. The molecule has 1 fully saturated rings. The number of piperazine rings is 1. The Kier molecular flexibility index (Phi) is 7.58. The Morgan fingerprint density at radius 2 is 1.79 bits per heavy atom. The molecule has 1 aromatic heterocycles. The molecule has 1 amide bonds. The number of para-hydroxylation sites is 1. The number of nitrogens with one attached hydrogen (secondary N) is 1. The van der Waals surface area contributed by atoms with E-state index in [0.717, 1.165) is 11.5 Å². The third kappa shape index (κ3) is 5.91. The molecule has 1 saturated heterocycles. The highest BCUT2D eigenvalue weighted by Crippen LogP contribution is 2.24. The largest absolute Gasteiger partial charge is 0.333 e. The van der Waals surface area contributed by atoms with Crippen molar-refractivity contribution in [1.29, 1.82) is 0 Å². The van der Waals surface area contributed by atoms with E-state index in [-0.39, 0.29) is 16.8 Å². The minimum atomic E-state index is -3.89. The molecule has 1 atom stereocenters. The van der Waals surface area contributed by atoms with Crippen LogP contribution in [0, 0.1) is 11.6 Å². The number of amides is 1. The smallest absolute Gasteiger partial charge is 0.264 e. The second kappa shape index (κ2) is 11.1. The fraction of sp³-hybridized carbons (Fsp3) is 0.241. The maximum absolute atomic E-state index is 14.0. The minimum Gasteiger partial charge on any atom is -0.333 e. The fourth-order valence-electron chi connectivity index (χ4n) is 4.89. The molecule has 7 nitrogen and oxygen atoms in total. The van der Waals surface area contributed by atoms with Gasteiger partial charge < -0.3 is 4.90 Å². The highest BCUT2D eigenvalue weighted by molar-refractivity contribution is 7.93. The van der Waals surface area contributed by atoms with Crippen molar-refractivity contribution in [3.8, 4) is 0 Å². The van der Waals surface area contributed by atoms with Crippen molar-refractivity contribution in [2.24, 2.45) is 0 Å². The molecule has 0 aliphatic carbocycles. The van der Waals surface area contributed by atoms with Crippen molar-refractivity contribution in [1.82, 2.24) is 14.8 Å². The van der Waals surface area contributed by atoms with E-state index in [4.69, 9.17) is 0 Å². The Labute approximate surface area is 226 Å². The monoisotopic (exact) mass is 550 g/mol. The van der Waals surface area contributed by atoms with E-state index in [2.05, 4.69) is 14.6 Å². The number of hydrogen-bond donors (Lipinski definition) is 1. The molecule has 0 unspecified atom stereocenters. The van der Waals surface area contributed by atoms with Crippen LogP contribution in [0.3, 0.4) is 0 Å². The second-order valence-electron chi connectivity index (χ2n) is 9.65. The summed E-state index contributed by atoms with van der Waals surface area (Å²) in [7, 11) is -3.89. The van der Waals surface area contributed by atoms with Gasteiger partial charge in [-0.25, -0.2) is 17.2 Å².